The molecule has 3 heteroatoms. The number of rotatable bonds is 3. The monoisotopic (exact) mass is 184 g/mol. The predicted octanol–water partition coefficient (Wildman–Crippen LogP) is 0.710. The number of carbonyl (C=O) groups excluding carboxylic acids is 1. The number of hydrogen-bond acceptors (Lipinski definition) is 2. The van der Waals surface area contributed by atoms with E-state index in [0.717, 1.165) is 26.1 Å². The lowest BCUT2D eigenvalue weighted by atomic mass is 10.1. The van der Waals surface area contributed by atoms with Gasteiger partial charge in [0.2, 0.25) is 5.91 Å². The smallest absolute Gasteiger partial charge is 0.224 e. The Morgan fingerprint density at radius 1 is 1.62 bits per heavy atom. The van der Waals surface area contributed by atoms with Gasteiger partial charge in [-0.05, 0) is 18.9 Å². The van der Waals surface area contributed by atoms with Crippen LogP contribution in [0.5, 0.6) is 0 Å². The van der Waals surface area contributed by atoms with E-state index in [-0.39, 0.29) is 11.8 Å². The molecular formula is C10H20N2O. The molecule has 13 heavy (non-hydrogen) atoms. The normalized spacial score (nSPS) is 23.8. The van der Waals surface area contributed by atoms with Crippen LogP contribution in [0.15, 0.2) is 0 Å². The van der Waals surface area contributed by atoms with Crippen molar-refractivity contribution in [2.45, 2.75) is 20.3 Å². The van der Waals surface area contributed by atoms with Crippen molar-refractivity contribution in [3.63, 3.8) is 0 Å². The zero-order valence-corrected chi connectivity index (χ0v) is 8.84. The average molecular weight is 184 g/mol. The van der Waals surface area contributed by atoms with Crippen LogP contribution in [0, 0.1) is 11.8 Å². The van der Waals surface area contributed by atoms with Crippen molar-refractivity contribution in [2.75, 3.05) is 26.7 Å². The van der Waals surface area contributed by atoms with Crippen LogP contribution in [0.2, 0.25) is 0 Å². The van der Waals surface area contributed by atoms with Crippen molar-refractivity contribution < 1.29 is 4.79 Å². The Morgan fingerprint density at radius 2 is 2.31 bits per heavy atom. The fraction of sp³-hybridized carbons (Fsp3) is 0.900. The van der Waals surface area contributed by atoms with E-state index in [1.54, 1.807) is 7.05 Å². The first-order valence-corrected chi connectivity index (χ1v) is 5.07. The number of carbonyl (C=O) groups is 1. The number of amides is 1. The van der Waals surface area contributed by atoms with Gasteiger partial charge in [-0.3, -0.25) is 4.79 Å². The maximum absolute atomic E-state index is 11.3. The second-order valence-corrected chi connectivity index (χ2v) is 4.25. The van der Waals surface area contributed by atoms with Crippen LogP contribution in [-0.4, -0.2) is 37.5 Å². The van der Waals surface area contributed by atoms with Gasteiger partial charge in [0.15, 0.2) is 0 Å². The zero-order chi connectivity index (χ0) is 9.84. The molecule has 1 saturated heterocycles. The fourth-order valence-electron chi connectivity index (χ4n) is 1.93. The molecule has 1 unspecified atom stereocenters. The van der Waals surface area contributed by atoms with Crippen molar-refractivity contribution in [3.05, 3.63) is 0 Å². The van der Waals surface area contributed by atoms with Crippen LogP contribution in [0.1, 0.15) is 20.3 Å². The molecule has 1 fully saturated rings. The first-order chi connectivity index (χ1) is 6.13. The minimum Gasteiger partial charge on any atom is -0.359 e. The summed E-state index contributed by atoms with van der Waals surface area (Å²) in [5.41, 5.74) is 0. The quantitative estimate of drug-likeness (QED) is 0.700. The van der Waals surface area contributed by atoms with Gasteiger partial charge in [0, 0.05) is 20.1 Å². The average Bonchev–Trinajstić information content (AvgIpc) is 2.50. The third-order valence-corrected chi connectivity index (χ3v) is 2.51. The lowest BCUT2D eigenvalue weighted by Crippen LogP contribution is -2.31. The Kier molecular flexibility index (Phi) is 3.72. The Bertz CT molecular complexity index is 180. The lowest BCUT2D eigenvalue weighted by Gasteiger charge is -2.17. The first-order valence-electron chi connectivity index (χ1n) is 5.07. The van der Waals surface area contributed by atoms with Gasteiger partial charge in [-0.25, -0.2) is 0 Å². The Hall–Kier alpha value is -0.570. The molecule has 0 aromatic rings. The number of nitrogens with zero attached hydrogens (tertiary/aromatic N) is 1. The maximum atomic E-state index is 11.3. The molecule has 1 atom stereocenters. The summed E-state index contributed by atoms with van der Waals surface area (Å²) in [6.45, 7) is 7.57. The SMILES string of the molecule is CNC(=O)C1CCN(CC(C)C)C1. The number of hydrogen-bond donors (Lipinski definition) is 1. The van der Waals surface area contributed by atoms with E-state index >= 15 is 0 Å². The molecule has 1 heterocycles. The molecule has 0 spiro atoms. The van der Waals surface area contributed by atoms with E-state index < -0.39 is 0 Å². The molecule has 0 aromatic carbocycles. The molecule has 1 N–H and O–H groups in total. The Morgan fingerprint density at radius 3 is 2.85 bits per heavy atom. The fourth-order valence-corrected chi connectivity index (χ4v) is 1.93. The minimum absolute atomic E-state index is 0.200. The number of likely N-dealkylation sites (tertiary alicyclic amines) is 1. The zero-order valence-electron chi connectivity index (χ0n) is 8.84. The van der Waals surface area contributed by atoms with Gasteiger partial charge in [0.05, 0.1) is 5.92 Å². The summed E-state index contributed by atoms with van der Waals surface area (Å²) in [5, 5.41) is 2.72. The van der Waals surface area contributed by atoms with Crippen LogP contribution < -0.4 is 5.32 Å². The molecular weight excluding hydrogens is 164 g/mol. The largest absolute Gasteiger partial charge is 0.359 e. The Balaban J connectivity index is 2.32. The minimum atomic E-state index is 0.200. The van der Waals surface area contributed by atoms with Gasteiger partial charge in [0.1, 0.15) is 0 Å². The van der Waals surface area contributed by atoms with E-state index in [0.29, 0.717) is 5.92 Å². The lowest BCUT2D eigenvalue weighted by molar-refractivity contribution is -0.124. The Labute approximate surface area is 80.5 Å². The predicted molar refractivity (Wildman–Crippen MR) is 53.5 cm³/mol. The summed E-state index contributed by atoms with van der Waals surface area (Å²) >= 11 is 0. The van der Waals surface area contributed by atoms with Gasteiger partial charge in [-0.1, -0.05) is 13.8 Å². The van der Waals surface area contributed by atoms with Crippen molar-refractivity contribution in [1.82, 2.24) is 10.2 Å². The molecule has 1 aliphatic heterocycles. The summed E-state index contributed by atoms with van der Waals surface area (Å²) in [4.78, 5) is 13.7. The van der Waals surface area contributed by atoms with E-state index in [2.05, 4.69) is 24.1 Å². The van der Waals surface area contributed by atoms with Crippen LogP contribution in [0.3, 0.4) is 0 Å². The number of nitrogens with one attached hydrogen (secondary N) is 1. The second kappa shape index (κ2) is 4.61. The van der Waals surface area contributed by atoms with Crippen LogP contribution in [0.25, 0.3) is 0 Å². The summed E-state index contributed by atoms with van der Waals surface area (Å²) in [6.07, 6.45) is 1.02. The van der Waals surface area contributed by atoms with E-state index in [1.807, 2.05) is 0 Å². The van der Waals surface area contributed by atoms with Gasteiger partial charge in [0.25, 0.3) is 0 Å². The molecule has 0 aliphatic carbocycles. The van der Waals surface area contributed by atoms with Gasteiger partial charge >= 0.3 is 0 Å². The van der Waals surface area contributed by atoms with Crippen molar-refractivity contribution in [3.8, 4) is 0 Å². The molecule has 0 bridgehead atoms. The third kappa shape index (κ3) is 2.99. The van der Waals surface area contributed by atoms with Crippen molar-refractivity contribution in [1.29, 1.82) is 0 Å². The summed E-state index contributed by atoms with van der Waals surface area (Å²) in [6, 6.07) is 0. The first kappa shape index (κ1) is 10.5. The molecule has 1 aliphatic rings. The van der Waals surface area contributed by atoms with Gasteiger partial charge in [-0.15, -0.1) is 0 Å². The highest BCUT2D eigenvalue weighted by Gasteiger charge is 2.27. The maximum Gasteiger partial charge on any atom is 0.224 e. The van der Waals surface area contributed by atoms with E-state index in [1.165, 1.54) is 0 Å². The molecule has 0 saturated carbocycles. The second-order valence-electron chi connectivity index (χ2n) is 4.25. The molecule has 1 amide bonds. The molecule has 1 rings (SSSR count). The van der Waals surface area contributed by atoms with Crippen molar-refractivity contribution in [2.24, 2.45) is 11.8 Å². The van der Waals surface area contributed by atoms with E-state index in [4.69, 9.17) is 0 Å². The van der Waals surface area contributed by atoms with Crippen LogP contribution >= 0.6 is 0 Å². The van der Waals surface area contributed by atoms with Crippen LogP contribution in [-0.2, 0) is 4.79 Å². The topological polar surface area (TPSA) is 32.3 Å². The highest BCUT2D eigenvalue weighted by molar-refractivity contribution is 5.78. The summed E-state index contributed by atoms with van der Waals surface area (Å²) in [5.74, 6) is 1.12. The summed E-state index contributed by atoms with van der Waals surface area (Å²) < 4.78 is 0. The van der Waals surface area contributed by atoms with E-state index in [9.17, 15) is 4.79 Å². The molecule has 3 nitrogen and oxygen atoms in total. The highest BCUT2D eigenvalue weighted by atomic mass is 16.1. The molecule has 0 radical (unpaired) electrons. The molecule has 0 aromatic heterocycles. The van der Waals surface area contributed by atoms with Crippen molar-refractivity contribution >= 4 is 5.91 Å². The van der Waals surface area contributed by atoms with Gasteiger partial charge < -0.3 is 10.2 Å². The third-order valence-electron chi connectivity index (χ3n) is 2.51. The standard InChI is InChI=1S/C10H20N2O/c1-8(2)6-12-5-4-9(7-12)10(13)11-3/h8-9H,4-7H2,1-3H3,(H,11,13). The summed E-state index contributed by atoms with van der Waals surface area (Å²) in [7, 11) is 1.72. The molecule has 76 valence electrons. The van der Waals surface area contributed by atoms with Gasteiger partial charge in [-0.2, -0.15) is 0 Å². The van der Waals surface area contributed by atoms with Crippen LogP contribution in [0.4, 0.5) is 0 Å². The highest BCUT2D eigenvalue weighted by Crippen LogP contribution is 2.17.